The van der Waals surface area contributed by atoms with Crippen molar-refractivity contribution >= 4 is 23.4 Å². The quantitative estimate of drug-likeness (QED) is 0.760. The van der Waals surface area contributed by atoms with Crippen molar-refractivity contribution in [3.8, 4) is 0 Å². The summed E-state index contributed by atoms with van der Waals surface area (Å²) in [5.41, 5.74) is 1.15. The number of pyridine rings is 1. The molecule has 0 saturated carbocycles. The minimum atomic E-state index is 0.0178. The van der Waals surface area contributed by atoms with E-state index >= 15 is 0 Å². The summed E-state index contributed by atoms with van der Waals surface area (Å²) < 4.78 is 0. The number of fused-ring (bicyclic) bond motifs is 1. The molecule has 0 spiro atoms. The van der Waals surface area contributed by atoms with E-state index < -0.39 is 0 Å². The van der Waals surface area contributed by atoms with Gasteiger partial charge in [-0.05, 0) is 11.5 Å². The SMILES string of the molecule is CC(C)(CS)c1nccc2ccccc12. The average molecular weight is 217 g/mol. The van der Waals surface area contributed by atoms with Crippen LogP contribution >= 0.6 is 12.6 Å². The average Bonchev–Trinajstić information content (AvgIpc) is 2.28. The second-order valence-corrected chi connectivity index (χ2v) is 4.74. The van der Waals surface area contributed by atoms with Gasteiger partial charge in [-0.1, -0.05) is 38.1 Å². The Morgan fingerprint density at radius 3 is 2.67 bits per heavy atom. The van der Waals surface area contributed by atoms with Crippen molar-refractivity contribution in [3.05, 3.63) is 42.2 Å². The number of hydrogen-bond acceptors (Lipinski definition) is 2. The monoisotopic (exact) mass is 217 g/mol. The molecule has 1 nitrogen and oxygen atoms in total. The largest absolute Gasteiger partial charge is 0.260 e. The molecule has 0 aliphatic heterocycles. The van der Waals surface area contributed by atoms with Gasteiger partial charge < -0.3 is 0 Å². The Morgan fingerprint density at radius 1 is 1.20 bits per heavy atom. The fraction of sp³-hybridized carbons (Fsp3) is 0.308. The van der Waals surface area contributed by atoms with Crippen LogP contribution in [0.3, 0.4) is 0 Å². The molecular formula is C13H15NS. The Kier molecular flexibility index (Phi) is 2.70. The van der Waals surface area contributed by atoms with E-state index in [1.54, 1.807) is 0 Å². The van der Waals surface area contributed by atoms with Gasteiger partial charge >= 0.3 is 0 Å². The maximum absolute atomic E-state index is 4.50. The number of hydrogen-bond donors (Lipinski definition) is 1. The van der Waals surface area contributed by atoms with Crippen molar-refractivity contribution in [2.75, 3.05) is 5.75 Å². The first-order valence-corrected chi connectivity index (χ1v) is 5.73. The first-order valence-electron chi connectivity index (χ1n) is 5.10. The van der Waals surface area contributed by atoms with Gasteiger partial charge in [0.05, 0.1) is 5.69 Å². The molecule has 0 radical (unpaired) electrons. The zero-order chi connectivity index (χ0) is 10.9. The lowest BCUT2D eigenvalue weighted by atomic mass is 9.88. The molecule has 15 heavy (non-hydrogen) atoms. The predicted molar refractivity (Wildman–Crippen MR) is 68.6 cm³/mol. The number of nitrogens with zero attached hydrogens (tertiary/aromatic N) is 1. The molecule has 78 valence electrons. The minimum Gasteiger partial charge on any atom is -0.260 e. The number of rotatable bonds is 2. The Morgan fingerprint density at radius 2 is 1.93 bits per heavy atom. The molecule has 0 fully saturated rings. The van der Waals surface area contributed by atoms with Crippen LogP contribution in [0.1, 0.15) is 19.5 Å². The molecule has 2 aromatic rings. The van der Waals surface area contributed by atoms with E-state index in [-0.39, 0.29) is 5.41 Å². The van der Waals surface area contributed by atoms with E-state index in [2.05, 4.69) is 55.7 Å². The van der Waals surface area contributed by atoms with E-state index in [1.807, 2.05) is 12.3 Å². The summed E-state index contributed by atoms with van der Waals surface area (Å²) in [6, 6.07) is 10.4. The van der Waals surface area contributed by atoms with Gasteiger partial charge in [0.15, 0.2) is 0 Å². The van der Waals surface area contributed by atoms with Crippen LogP contribution < -0.4 is 0 Å². The summed E-state index contributed by atoms with van der Waals surface area (Å²) in [6.07, 6.45) is 1.88. The van der Waals surface area contributed by atoms with Crippen LogP contribution in [0.15, 0.2) is 36.5 Å². The molecule has 0 aliphatic carbocycles. The van der Waals surface area contributed by atoms with Crippen LogP contribution in [0.4, 0.5) is 0 Å². The van der Waals surface area contributed by atoms with Gasteiger partial charge in [0.2, 0.25) is 0 Å². The fourth-order valence-corrected chi connectivity index (χ4v) is 1.88. The summed E-state index contributed by atoms with van der Waals surface area (Å²) in [5.74, 6) is 0.800. The van der Waals surface area contributed by atoms with Gasteiger partial charge in [-0.25, -0.2) is 0 Å². The van der Waals surface area contributed by atoms with Gasteiger partial charge in [-0.15, -0.1) is 0 Å². The zero-order valence-electron chi connectivity index (χ0n) is 9.07. The van der Waals surface area contributed by atoms with Gasteiger partial charge in [0, 0.05) is 22.8 Å². The molecule has 1 aromatic carbocycles. The van der Waals surface area contributed by atoms with Crippen molar-refractivity contribution in [2.24, 2.45) is 0 Å². The Bertz CT molecular complexity index is 471. The van der Waals surface area contributed by atoms with Crippen molar-refractivity contribution in [1.82, 2.24) is 4.98 Å². The third-order valence-corrected chi connectivity index (χ3v) is 3.50. The fourth-order valence-electron chi connectivity index (χ4n) is 1.73. The van der Waals surface area contributed by atoms with E-state index in [9.17, 15) is 0 Å². The van der Waals surface area contributed by atoms with Crippen LogP contribution in [0.25, 0.3) is 10.8 Å². The highest BCUT2D eigenvalue weighted by molar-refractivity contribution is 7.80. The number of aromatic nitrogens is 1. The lowest BCUT2D eigenvalue weighted by Crippen LogP contribution is -2.21. The summed E-state index contributed by atoms with van der Waals surface area (Å²) in [5, 5.41) is 2.48. The lowest BCUT2D eigenvalue weighted by molar-refractivity contribution is 0.588. The highest BCUT2D eigenvalue weighted by Crippen LogP contribution is 2.28. The summed E-state index contributed by atoms with van der Waals surface area (Å²) in [6.45, 7) is 4.35. The Balaban J connectivity index is 2.71. The van der Waals surface area contributed by atoms with E-state index in [1.165, 1.54) is 10.8 Å². The second-order valence-electron chi connectivity index (χ2n) is 4.42. The molecule has 0 amide bonds. The summed E-state index contributed by atoms with van der Waals surface area (Å²) in [4.78, 5) is 4.50. The minimum absolute atomic E-state index is 0.0178. The van der Waals surface area contributed by atoms with Gasteiger partial charge in [-0.3, -0.25) is 4.98 Å². The van der Waals surface area contributed by atoms with E-state index in [0.29, 0.717) is 0 Å². The maximum atomic E-state index is 4.50. The van der Waals surface area contributed by atoms with Crippen LogP contribution in [0.2, 0.25) is 0 Å². The number of benzene rings is 1. The molecule has 0 aliphatic rings. The molecule has 2 heteroatoms. The van der Waals surface area contributed by atoms with Crippen LogP contribution in [-0.4, -0.2) is 10.7 Å². The molecule has 0 bridgehead atoms. The summed E-state index contributed by atoms with van der Waals surface area (Å²) in [7, 11) is 0. The first-order chi connectivity index (χ1) is 7.15. The Hall–Kier alpha value is -1.02. The third kappa shape index (κ3) is 1.86. The molecule has 0 N–H and O–H groups in total. The van der Waals surface area contributed by atoms with Crippen molar-refractivity contribution in [3.63, 3.8) is 0 Å². The van der Waals surface area contributed by atoms with Gasteiger partial charge in [0.25, 0.3) is 0 Å². The smallest absolute Gasteiger partial charge is 0.0546 e. The van der Waals surface area contributed by atoms with Gasteiger partial charge in [0.1, 0.15) is 0 Å². The maximum Gasteiger partial charge on any atom is 0.0546 e. The molecular weight excluding hydrogens is 202 g/mol. The third-order valence-electron chi connectivity index (χ3n) is 2.71. The standard InChI is InChI=1S/C13H15NS/c1-13(2,9-15)12-11-6-4-3-5-10(11)7-8-14-12/h3-8,15H,9H2,1-2H3. The van der Waals surface area contributed by atoms with Crippen LogP contribution in [0.5, 0.6) is 0 Å². The lowest BCUT2D eigenvalue weighted by Gasteiger charge is -2.22. The van der Waals surface area contributed by atoms with Crippen molar-refractivity contribution in [2.45, 2.75) is 19.3 Å². The topological polar surface area (TPSA) is 12.9 Å². The molecule has 0 saturated heterocycles. The highest BCUT2D eigenvalue weighted by atomic mass is 32.1. The van der Waals surface area contributed by atoms with Crippen LogP contribution in [0, 0.1) is 0 Å². The predicted octanol–water partition coefficient (Wildman–Crippen LogP) is 3.44. The molecule has 0 atom stereocenters. The van der Waals surface area contributed by atoms with Gasteiger partial charge in [-0.2, -0.15) is 12.6 Å². The van der Waals surface area contributed by atoms with Crippen molar-refractivity contribution in [1.29, 1.82) is 0 Å². The zero-order valence-corrected chi connectivity index (χ0v) is 9.96. The second kappa shape index (κ2) is 3.86. The molecule has 0 unspecified atom stereocenters. The normalized spacial score (nSPS) is 11.9. The van der Waals surface area contributed by atoms with E-state index in [0.717, 1.165) is 11.4 Å². The van der Waals surface area contributed by atoms with Crippen LogP contribution in [-0.2, 0) is 5.41 Å². The Labute approximate surface area is 95.9 Å². The first kappa shape index (κ1) is 10.5. The molecule has 1 heterocycles. The highest BCUT2D eigenvalue weighted by Gasteiger charge is 2.22. The van der Waals surface area contributed by atoms with Crippen molar-refractivity contribution < 1.29 is 0 Å². The summed E-state index contributed by atoms with van der Waals surface area (Å²) >= 11 is 4.40. The molecule has 1 aromatic heterocycles. The van der Waals surface area contributed by atoms with E-state index in [4.69, 9.17) is 0 Å². The number of thiol groups is 1. The molecule has 2 rings (SSSR count).